The van der Waals surface area contributed by atoms with Crippen molar-refractivity contribution in [1.29, 1.82) is 0 Å². The maximum Gasteiger partial charge on any atom is 0.437 e. The monoisotopic (exact) mass is 670 g/mol. The van der Waals surface area contributed by atoms with Crippen LogP contribution >= 0.6 is 0 Å². The van der Waals surface area contributed by atoms with E-state index in [9.17, 15) is 19.2 Å². The third kappa shape index (κ3) is 17.9. The van der Waals surface area contributed by atoms with Crippen molar-refractivity contribution in [2.45, 2.75) is 91.6 Å². The summed E-state index contributed by atoms with van der Waals surface area (Å²) < 4.78 is 27.2. The summed E-state index contributed by atoms with van der Waals surface area (Å²) >= 11 is 0. The van der Waals surface area contributed by atoms with Gasteiger partial charge in [-0.05, 0) is 71.2 Å². The Morgan fingerprint density at radius 3 is 2.10 bits per heavy atom. The second-order valence-electron chi connectivity index (χ2n) is 12.8. The lowest BCUT2D eigenvalue weighted by Gasteiger charge is -2.21. The number of hydrogen-bond donors (Lipinski definition) is 3. The van der Waals surface area contributed by atoms with E-state index in [0.717, 1.165) is 17.5 Å². The summed E-state index contributed by atoms with van der Waals surface area (Å²) in [4.78, 5) is 53.9. The molecule has 2 rings (SSSR count). The first kappa shape index (κ1) is 39.5. The van der Waals surface area contributed by atoms with E-state index in [-0.39, 0.29) is 51.1 Å². The number of aliphatic imine (C=N–C) groups is 1. The Hall–Kier alpha value is -4.65. The molecule has 1 atom stereocenters. The van der Waals surface area contributed by atoms with Crippen LogP contribution in [-0.4, -0.2) is 73.6 Å². The summed E-state index contributed by atoms with van der Waals surface area (Å²) in [5, 5.41) is 8.05. The fraction of sp³-hybridized carbons (Fsp3) is 0.514. The van der Waals surface area contributed by atoms with E-state index in [4.69, 9.17) is 23.7 Å². The third-order valence-corrected chi connectivity index (χ3v) is 5.91. The second-order valence-corrected chi connectivity index (χ2v) is 12.8. The molecule has 0 aliphatic heterocycles. The van der Waals surface area contributed by atoms with Gasteiger partial charge in [0.25, 0.3) is 0 Å². The van der Waals surface area contributed by atoms with Crippen LogP contribution < -0.4 is 20.7 Å². The van der Waals surface area contributed by atoms with Crippen LogP contribution in [0.4, 0.5) is 9.59 Å². The first-order valence-electron chi connectivity index (χ1n) is 16.0. The van der Waals surface area contributed by atoms with Gasteiger partial charge >= 0.3 is 18.2 Å². The number of guanidine groups is 1. The Labute approximate surface area is 283 Å². The predicted octanol–water partition coefficient (Wildman–Crippen LogP) is 5.06. The zero-order valence-corrected chi connectivity index (χ0v) is 29.1. The molecule has 0 bridgehead atoms. The number of benzene rings is 2. The van der Waals surface area contributed by atoms with Crippen molar-refractivity contribution < 1.29 is 42.9 Å². The van der Waals surface area contributed by atoms with Gasteiger partial charge in [0.2, 0.25) is 11.9 Å². The molecule has 13 heteroatoms. The molecule has 2 aromatic carbocycles. The van der Waals surface area contributed by atoms with E-state index < -0.39 is 35.4 Å². The van der Waals surface area contributed by atoms with Gasteiger partial charge in [0.1, 0.15) is 36.2 Å². The minimum Gasteiger partial charge on any atom is -0.492 e. The van der Waals surface area contributed by atoms with Crippen LogP contribution in [0.5, 0.6) is 5.75 Å². The number of ether oxygens (including phenoxy) is 5. The summed E-state index contributed by atoms with van der Waals surface area (Å²) in [5.74, 6) is -0.471. The summed E-state index contributed by atoms with van der Waals surface area (Å²) in [6.07, 6.45) is -0.502. The standard InChI is InChI=1S/C35H50N4O9/c1-8-20-44-21-18-29(40)37-28(30(41)46-24-26-12-10-9-11-13-26)23-25-14-16-27(17-15-25)45-22-19-36-31(38-32(42)47-34(2,3)4)39-33(43)48-35(5,6)7/h9-17,28H,8,18-24H2,1-7H3,(H,37,40)(H2,36,38,39,42,43)/t28-/m0/s1. The van der Waals surface area contributed by atoms with Crippen molar-refractivity contribution in [2.24, 2.45) is 4.99 Å². The van der Waals surface area contributed by atoms with Gasteiger partial charge in [0, 0.05) is 19.4 Å². The zero-order valence-electron chi connectivity index (χ0n) is 29.1. The molecule has 0 spiro atoms. The molecule has 0 saturated carbocycles. The fourth-order valence-electron chi connectivity index (χ4n) is 3.88. The molecule has 48 heavy (non-hydrogen) atoms. The lowest BCUT2D eigenvalue weighted by Crippen LogP contribution is -2.45. The van der Waals surface area contributed by atoms with Crippen molar-refractivity contribution in [2.75, 3.05) is 26.4 Å². The number of carbonyl (C=O) groups excluding carboxylic acids is 4. The highest BCUT2D eigenvalue weighted by Crippen LogP contribution is 2.15. The fourth-order valence-corrected chi connectivity index (χ4v) is 3.88. The molecule has 0 fully saturated rings. The first-order valence-corrected chi connectivity index (χ1v) is 16.0. The number of rotatable bonds is 15. The lowest BCUT2D eigenvalue weighted by atomic mass is 10.1. The molecule has 0 aromatic heterocycles. The summed E-state index contributed by atoms with van der Waals surface area (Å²) in [6.45, 7) is 13.4. The normalized spacial score (nSPS) is 12.4. The number of amides is 3. The Bertz CT molecular complexity index is 1330. The van der Waals surface area contributed by atoms with E-state index in [0.29, 0.717) is 12.4 Å². The number of carbonyl (C=O) groups is 4. The van der Waals surface area contributed by atoms with E-state index in [2.05, 4.69) is 20.9 Å². The molecule has 3 N–H and O–H groups in total. The van der Waals surface area contributed by atoms with Gasteiger partial charge in [-0.15, -0.1) is 4.99 Å². The van der Waals surface area contributed by atoms with Gasteiger partial charge in [0.15, 0.2) is 0 Å². The van der Waals surface area contributed by atoms with Gasteiger partial charge in [-0.25, -0.2) is 14.4 Å². The molecule has 3 amide bonds. The first-order chi connectivity index (χ1) is 22.6. The van der Waals surface area contributed by atoms with Crippen LogP contribution in [0.3, 0.4) is 0 Å². The van der Waals surface area contributed by atoms with Gasteiger partial charge in [-0.1, -0.05) is 49.4 Å². The summed E-state index contributed by atoms with van der Waals surface area (Å²) in [5.41, 5.74) is 0.0828. The summed E-state index contributed by atoms with van der Waals surface area (Å²) in [6, 6.07) is 15.4. The quantitative estimate of drug-likeness (QED) is 0.0768. The van der Waals surface area contributed by atoms with Crippen molar-refractivity contribution in [3.05, 3.63) is 65.7 Å². The molecular weight excluding hydrogens is 620 g/mol. The number of alkyl carbamates (subject to hydrolysis) is 1. The lowest BCUT2D eigenvalue weighted by molar-refractivity contribution is -0.149. The van der Waals surface area contributed by atoms with Gasteiger partial charge < -0.3 is 34.3 Å². The molecule has 0 unspecified atom stereocenters. The van der Waals surface area contributed by atoms with E-state index in [1.807, 2.05) is 37.3 Å². The number of nitrogens with zero attached hydrogens (tertiary/aromatic N) is 1. The second kappa shape index (κ2) is 19.9. The minimum absolute atomic E-state index is 0.0873. The molecule has 0 saturated heterocycles. The number of esters is 1. The van der Waals surface area contributed by atoms with Crippen LogP contribution in [-0.2, 0) is 41.6 Å². The highest BCUT2D eigenvalue weighted by molar-refractivity contribution is 5.98. The van der Waals surface area contributed by atoms with Gasteiger partial charge in [-0.2, -0.15) is 0 Å². The SMILES string of the molecule is CCCOCCC(=O)N[C@@H](Cc1ccc(OCCN/C(=N\C(=O)OC(C)(C)C)NC(=O)OC(C)(C)C)cc1)C(=O)OCc1ccccc1. The van der Waals surface area contributed by atoms with Crippen molar-refractivity contribution in [3.8, 4) is 5.75 Å². The molecule has 0 aliphatic carbocycles. The van der Waals surface area contributed by atoms with Gasteiger partial charge in [-0.3, -0.25) is 10.1 Å². The molecular formula is C35H50N4O9. The summed E-state index contributed by atoms with van der Waals surface area (Å²) in [7, 11) is 0. The average molecular weight is 671 g/mol. The Kier molecular flexibility index (Phi) is 16.4. The molecule has 0 aliphatic rings. The maximum atomic E-state index is 13.0. The molecule has 264 valence electrons. The van der Waals surface area contributed by atoms with Crippen LogP contribution in [0.2, 0.25) is 0 Å². The smallest absolute Gasteiger partial charge is 0.437 e. The topological polar surface area (TPSA) is 163 Å². The Balaban J connectivity index is 1.99. The predicted molar refractivity (Wildman–Crippen MR) is 181 cm³/mol. The number of nitrogens with one attached hydrogen (secondary N) is 3. The minimum atomic E-state index is -0.900. The maximum absolute atomic E-state index is 13.0. The largest absolute Gasteiger partial charge is 0.492 e. The highest BCUT2D eigenvalue weighted by Gasteiger charge is 2.23. The average Bonchev–Trinajstić information content (AvgIpc) is 2.99. The molecule has 2 aromatic rings. The van der Waals surface area contributed by atoms with Gasteiger partial charge in [0.05, 0.1) is 13.2 Å². The van der Waals surface area contributed by atoms with Crippen LogP contribution in [0.15, 0.2) is 59.6 Å². The van der Waals surface area contributed by atoms with Crippen molar-refractivity contribution in [3.63, 3.8) is 0 Å². The van der Waals surface area contributed by atoms with E-state index >= 15 is 0 Å². The van der Waals surface area contributed by atoms with Crippen LogP contribution in [0.25, 0.3) is 0 Å². The van der Waals surface area contributed by atoms with Crippen molar-refractivity contribution in [1.82, 2.24) is 16.0 Å². The number of hydrogen-bond acceptors (Lipinski definition) is 9. The zero-order chi connectivity index (χ0) is 35.6. The highest BCUT2D eigenvalue weighted by atomic mass is 16.6. The molecule has 0 heterocycles. The van der Waals surface area contributed by atoms with Crippen LogP contribution in [0.1, 0.15) is 72.4 Å². The van der Waals surface area contributed by atoms with E-state index in [1.54, 1.807) is 65.8 Å². The Morgan fingerprint density at radius 2 is 1.48 bits per heavy atom. The molecule has 0 radical (unpaired) electrons. The van der Waals surface area contributed by atoms with Crippen molar-refractivity contribution >= 4 is 30.0 Å². The third-order valence-electron chi connectivity index (χ3n) is 5.91. The Morgan fingerprint density at radius 1 is 0.812 bits per heavy atom. The van der Waals surface area contributed by atoms with E-state index in [1.165, 1.54) is 0 Å². The van der Waals surface area contributed by atoms with Crippen LogP contribution in [0, 0.1) is 0 Å². The molecule has 13 nitrogen and oxygen atoms in total.